The van der Waals surface area contributed by atoms with Crippen molar-refractivity contribution >= 4 is 39.1 Å². The van der Waals surface area contributed by atoms with E-state index in [1.165, 1.54) is 0 Å². The Morgan fingerprint density at radius 1 is 1.27 bits per heavy atom. The van der Waals surface area contributed by atoms with Gasteiger partial charge in [0.25, 0.3) is 0 Å². The van der Waals surface area contributed by atoms with Crippen LogP contribution in [0.2, 0.25) is 5.02 Å². The molecule has 0 aliphatic carbocycles. The van der Waals surface area contributed by atoms with Gasteiger partial charge in [0, 0.05) is 28.6 Å². The maximum absolute atomic E-state index is 12.1. The molecule has 0 saturated carbocycles. The molecular formula is C19H16BrClN2O3. The van der Waals surface area contributed by atoms with Crippen LogP contribution in [0.3, 0.4) is 0 Å². The molecule has 1 amide bonds. The van der Waals surface area contributed by atoms with Crippen LogP contribution in [0.15, 0.2) is 57.6 Å². The minimum atomic E-state index is -0.144. The lowest BCUT2D eigenvalue weighted by molar-refractivity contribution is -0.116. The fourth-order valence-corrected chi connectivity index (χ4v) is 2.88. The minimum Gasteiger partial charge on any atom is -0.495 e. The third-order valence-electron chi connectivity index (χ3n) is 3.68. The first-order valence-corrected chi connectivity index (χ1v) is 9.06. The summed E-state index contributed by atoms with van der Waals surface area (Å²) in [5, 5.41) is 3.24. The normalized spacial score (nSPS) is 10.6. The van der Waals surface area contributed by atoms with Crippen LogP contribution in [-0.4, -0.2) is 18.0 Å². The summed E-state index contributed by atoms with van der Waals surface area (Å²) < 4.78 is 11.8. The highest BCUT2D eigenvalue weighted by Gasteiger charge is 2.10. The number of anilines is 1. The molecule has 26 heavy (non-hydrogen) atoms. The number of rotatable bonds is 6. The van der Waals surface area contributed by atoms with E-state index in [1.807, 2.05) is 24.3 Å². The highest BCUT2D eigenvalue weighted by atomic mass is 79.9. The van der Waals surface area contributed by atoms with Crippen LogP contribution >= 0.6 is 27.5 Å². The molecule has 0 aliphatic rings. The van der Waals surface area contributed by atoms with Crippen molar-refractivity contribution in [2.45, 2.75) is 12.8 Å². The maximum Gasteiger partial charge on any atom is 0.224 e. The Morgan fingerprint density at radius 3 is 2.73 bits per heavy atom. The van der Waals surface area contributed by atoms with Gasteiger partial charge in [0.1, 0.15) is 5.75 Å². The summed E-state index contributed by atoms with van der Waals surface area (Å²) in [4.78, 5) is 16.3. The molecule has 7 heteroatoms. The molecule has 0 radical (unpaired) electrons. The highest BCUT2D eigenvalue weighted by Crippen LogP contribution is 2.27. The highest BCUT2D eigenvalue weighted by molar-refractivity contribution is 9.10. The van der Waals surface area contributed by atoms with Gasteiger partial charge in [-0.1, -0.05) is 39.7 Å². The molecule has 3 rings (SSSR count). The van der Waals surface area contributed by atoms with Gasteiger partial charge in [-0.25, -0.2) is 4.98 Å². The van der Waals surface area contributed by atoms with Gasteiger partial charge in [0.05, 0.1) is 18.3 Å². The molecule has 0 atom stereocenters. The fourth-order valence-electron chi connectivity index (χ4n) is 2.36. The van der Waals surface area contributed by atoms with E-state index in [0.717, 1.165) is 10.0 Å². The van der Waals surface area contributed by atoms with Gasteiger partial charge in [0.2, 0.25) is 5.91 Å². The van der Waals surface area contributed by atoms with E-state index in [-0.39, 0.29) is 12.3 Å². The number of nitrogens with zero attached hydrogens (tertiary/aromatic N) is 1. The van der Waals surface area contributed by atoms with Gasteiger partial charge in [-0.2, -0.15) is 0 Å². The van der Waals surface area contributed by atoms with Crippen molar-refractivity contribution < 1.29 is 13.9 Å². The van der Waals surface area contributed by atoms with E-state index >= 15 is 0 Å². The molecule has 0 fully saturated rings. The number of halogens is 2. The molecule has 0 spiro atoms. The number of methoxy groups -OCH3 is 1. The molecule has 0 saturated heterocycles. The molecule has 3 aromatic rings. The lowest BCUT2D eigenvalue weighted by Crippen LogP contribution is -2.12. The number of carbonyl (C=O) groups excluding carboxylic acids is 1. The first-order valence-electron chi connectivity index (χ1n) is 7.89. The van der Waals surface area contributed by atoms with E-state index in [9.17, 15) is 4.79 Å². The SMILES string of the molecule is COc1ccc(NC(=O)CCc2ncc(-c3ccc(Br)cc3)o2)cc1Cl. The molecule has 1 heterocycles. The predicted octanol–water partition coefficient (Wildman–Crippen LogP) is 5.34. The standard InChI is InChI=1S/C19H16BrClN2O3/c1-25-16-7-6-14(10-15(16)21)23-18(24)8-9-19-22-11-17(26-19)12-2-4-13(20)5-3-12/h2-7,10-11H,8-9H2,1H3,(H,23,24). The van der Waals surface area contributed by atoms with Crippen molar-refractivity contribution in [3.8, 4) is 17.1 Å². The number of amides is 1. The van der Waals surface area contributed by atoms with Crippen molar-refractivity contribution in [3.63, 3.8) is 0 Å². The molecule has 0 aliphatic heterocycles. The summed E-state index contributed by atoms with van der Waals surface area (Å²) in [6.07, 6.45) is 2.33. The van der Waals surface area contributed by atoms with Gasteiger partial charge in [0.15, 0.2) is 11.7 Å². The van der Waals surface area contributed by atoms with Gasteiger partial charge >= 0.3 is 0 Å². The molecule has 1 N–H and O–H groups in total. The van der Waals surface area contributed by atoms with Crippen molar-refractivity contribution in [2.75, 3.05) is 12.4 Å². The average molecular weight is 436 g/mol. The zero-order valence-electron chi connectivity index (χ0n) is 14.0. The zero-order chi connectivity index (χ0) is 18.5. The summed E-state index contributed by atoms with van der Waals surface area (Å²) in [5.41, 5.74) is 1.55. The smallest absolute Gasteiger partial charge is 0.224 e. The van der Waals surface area contributed by atoms with Crippen LogP contribution in [0, 0.1) is 0 Å². The number of benzene rings is 2. The maximum atomic E-state index is 12.1. The summed E-state index contributed by atoms with van der Waals surface area (Å²) in [7, 11) is 1.54. The van der Waals surface area contributed by atoms with E-state index in [0.29, 0.717) is 34.5 Å². The third-order valence-corrected chi connectivity index (χ3v) is 4.51. The average Bonchev–Trinajstić information content (AvgIpc) is 3.10. The number of oxazole rings is 1. The summed E-state index contributed by atoms with van der Waals surface area (Å²) in [6, 6.07) is 12.8. The van der Waals surface area contributed by atoms with E-state index in [1.54, 1.807) is 31.5 Å². The second-order valence-electron chi connectivity index (χ2n) is 5.52. The second kappa shape index (κ2) is 8.38. The monoisotopic (exact) mass is 434 g/mol. The number of aromatic nitrogens is 1. The second-order valence-corrected chi connectivity index (χ2v) is 6.85. The Morgan fingerprint density at radius 2 is 2.04 bits per heavy atom. The first-order chi connectivity index (χ1) is 12.5. The molecule has 5 nitrogen and oxygen atoms in total. The molecule has 1 aromatic heterocycles. The molecule has 0 unspecified atom stereocenters. The van der Waals surface area contributed by atoms with Crippen molar-refractivity contribution in [1.29, 1.82) is 0 Å². The third kappa shape index (κ3) is 4.65. The van der Waals surface area contributed by atoms with Gasteiger partial charge in [-0.05, 0) is 30.3 Å². The quantitative estimate of drug-likeness (QED) is 0.568. The Hall–Kier alpha value is -2.31. The van der Waals surface area contributed by atoms with Crippen LogP contribution in [-0.2, 0) is 11.2 Å². The Bertz CT molecular complexity index is 909. The number of aryl methyl sites for hydroxylation is 1. The van der Waals surface area contributed by atoms with Crippen LogP contribution in [0.4, 0.5) is 5.69 Å². The summed E-state index contributed by atoms with van der Waals surface area (Å²) in [5.74, 6) is 1.61. The van der Waals surface area contributed by atoms with Crippen LogP contribution in [0.5, 0.6) is 5.75 Å². The van der Waals surface area contributed by atoms with Crippen LogP contribution in [0.25, 0.3) is 11.3 Å². The zero-order valence-corrected chi connectivity index (χ0v) is 16.3. The Kier molecular flexibility index (Phi) is 5.96. The number of hydrogen-bond donors (Lipinski definition) is 1. The Balaban J connectivity index is 1.56. The van der Waals surface area contributed by atoms with Gasteiger partial charge < -0.3 is 14.5 Å². The minimum absolute atomic E-state index is 0.144. The van der Waals surface area contributed by atoms with Crippen molar-refractivity contribution in [3.05, 3.63) is 64.0 Å². The predicted molar refractivity (Wildman–Crippen MR) is 105 cm³/mol. The molecule has 0 bridgehead atoms. The number of nitrogens with one attached hydrogen (secondary N) is 1. The first kappa shape index (κ1) is 18.5. The lowest BCUT2D eigenvalue weighted by Gasteiger charge is -2.07. The van der Waals surface area contributed by atoms with E-state index in [4.69, 9.17) is 20.8 Å². The molecule has 134 valence electrons. The van der Waals surface area contributed by atoms with E-state index < -0.39 is 0 Å². The van der Waals surface area contributed by atoms with Crippen LogP contribution < -0.4 is 10.1 Å². The van der Waals surface area contributed by atoms with Crippen molar-refractivity contribution in [2.24, 2.45) is 0 Å². The Labute approximate surface area is 164 Å². The van der Waals surface area contributed by atoms with Crippen molar-refractivity contribution in [1.82, 2.24) is 4.98 Å². The topological polar surface area (TPSA) is 64.4 Å². The number of ether oxygens (including phenoxy) is 1. The summed E-state index contributed by atoms with van der Waals surface area (Å²) >= 11 is 9.45. The summed E-state index contributed by atoms with van der Waals surface area (Å²) in [6.45, 7) is 0. The van der Waals surface area contributed by atoms with E-state index in [2.05, 4.69) is 26.2 Å². The molecular weight excluding hydrogens is 420 g/mol. The fraction of sp³-hybridized carbons (Fsp3) is 0.158. The largest absolute Gasteiger partial charge is 0.495 e. The number of hydrogen-bond acceptors (Lipinski definition) is 4. The number of carbonyl (C=O) groups is 1. The van der Waals surface area contributed by atoms with Crippen LogP contribution in [0.1, 0.15) is 12.3 Å². The van der Waals surface area contributed by atoms with Gasteiger partial charge in [-0.3, -0.25) is 4.79 Å². The molecule has 2 aromatic carbocycles. The van der Waals surface area contributed by atoms with Gasteiger partial charge in [-0.15, -0.1) is 0 Å². The lowest BCUT2D eigenvalue weighted by atomic mass is 10.2.